The topological polar surface area (TPSA) is 118 Å². The highest BCUT2D eigenvalue weighted by Gasteiger charge is 2.32. The van der Waals surface area contributed by atoms with Gasteiger partial charge in [-0.25, -0.2) is 13.6 Å². The summed E-state index contributed by atoms with van der Waals surface area (Å²) in [6.07, 6.45) is 4.58. The number of non-ortho nitro benzene ring substituents is 1. The number of hydrogen-bond donors (Lipinski definition) is 1. The summed E-state index contributed by atoms with van der Waals surface area (Å²) >= 11 is 0. The molecule has 1 unspecified atom stereocenters. The largest absolute Gasteiger partial charge is 0.477 e. The number of aromatic carboxylic acids is 1. The fraction of sp³-hybridized carbons (Fsp3) is 0.292. The number of carboxylic acids is 1. The summed E-state index contributed by atoms with van der Waals surface area (Å²) in [4.78, 5) is 40.5. The minimum atomic E-state index is -1.44. The van der Waals surface area contributed by atoms with Crippen LogP contribution in [0.4, 0.5) is 20.2 Å². The van der Waals surface area contributed by atoms with E-state index in [9.17, 15) is 24.8 Å². The molecule has 3 aromatic rings. The van der Waals surface area contributed by atoms with E-state index in [2.05, 4.69) is 4.99 Å². The number of hydrogen-bond acceptors (Lipinski definition) is 6. The molecule has 5 rings (SSSR count). The standard InChI is InChI=1S/C24H20F2N4O5/c25-19-9-17-21(29(15-4-5-15)12-18(23(17)31)24(32)33)20(26)22(19)28-7-6-14(11-28)27-10-13-2-1-3-16(8-13)30(34)35/h1-3,8-10,12,14-15H,4-7,11H2,(H,32,33)/b27-10+. The summed E-state index contributed by atoms with van der Waals surface area (Å²) in [6.45, 7) is 0.531. The van der Waals surface area contributed by atoms with Gasteiger partial charge in [0.2, 0.25) is 5.43 Å². The van der Waals surface area contributed by atoms with E-state index >= 15 is 8.78 Å². The number of fused-ring (bicyclic) bond motifs is 1. The lowest BCUT2D eigenvalue weighted by Gasteiger charge is -2.22. The highest BCUT2D eigenvalue weighted by Crippen LogP contribution is 2.40. The second-order valence-corrected chi connectivity index (χ2v) is 8.75. The first-order chi connectivity index (χ1) is 16.7. The number of aromatic nitrogens is 1. The molecule has 1 N–H and O–H groups in total. The molecule has 0 bridgehead atoms. The Labute approximate surface area is 197 Å². The molecule has 1 aliphatic carbocycles. The van der Waals surface area contributed by atoms with Crippen LogP contribution < -0.4 is 10.3 Å². The smallest absolute Gasteiger partial charge is 0.341 e. The number of nitro benzene ring substituents is 1. The van der Waals surface area contributed by atoms with Crippen molar-refractivity contribution in [2.24, 2.45) is 4.99 Å². The molecule has 2 fully saturated rings. The quantitative estimate of drug-likeness (QED) is 0.323. The molecule has 1 aromatic heterocycles. The highest BCUT2D eigenvalue weighted by molar-refractivity contribution is 5.94. The van der Waals surface area contributed by atoms with Crippen molar-refractivity contribution >= 4 is 34.5 Å². The van der Waals surface area contributed by atoms with Gasteiger partial charge in [0.15, 0.2) is 5.82 Å². The zero-order chi connectivity index (χ0) is 24.9. The van der Waals surface area contributed by atoms with E-state index in [1.165, 1.54) is 27.8 Å². The van der Waals surface area contributed by atoms with Gasteiger partial charge in [0.1, 0.15) is 17.1 Å². The predicted molar refractivity (Wildman–Crippen MR) is 125 cm³/mol. The molecule has 0 radical (unpaired) electrons. The van der Waals surface area contributed by atoms with Gasteiger partial charge in [0, 0.05) is 43.7 Å². The molecule has 9 nitrogen and oxygen atoms in total. The van der Waals surface area contributed by atoms with Crippen molar-refractivity contribution in [2.75, 3.05) is 18.0 Å². The van der Waals surface area contributed by atoms with Crippen LogP contribution >= 0.6 is 0 Å². The van der Waals surface area contributed by atoms with E-state index < -0.39 is 33.5 Å². The van der Waals surface area contributed by atoms with Crippen LogP contribution in [0.1, 0.15) is 41.2 Å². The molecule has 1 atom stereocenters. The van der Waals surface area contributed by atoms with Gasteiger partial charge in [-0.15, -0.1) is 0 Å². The Hall–Kier alpha value is -4.15. The molecule has 2 aliphatic rings. The molecule has 35 heavy (non-hydrogen) atoms. The first kappa shape index (κ1) is 22.6. The van der Waals surface area contributed by atoms with E-state index in [1.54, 1.807) is 12.1 Å². The summed E-state index contributed by atoms with van der Waals surface area (Å²) in [6, 6.07) is 6.48. The maximum absolute atomic E-state index is 15.8. The Morgan fingerprint density at radius 1 is 1.23 bits per heavy atom. The summed E-state index contributed by atoms with van der Waals surface area (Å²) in [5, 5.41) is 20.0. The molecule has 2 aromatic carbocycles. The average Bonchev–Trinajstić information content (AvgIpc) is 3.56. The lowest BCUT2D eigenvalue weighted by atomic mass is 10.1. The van der Waals surface area contributed by atoms with Crippen molar-refractivity contribution in [1.29, 1.82) is 0 Å². The van der Waals surface area contributed by atoms with Gasteiger partial charge in [-0.05, 0) is 30.9 Å². The normalized spacial score (nSPS) is 18.0. The molecule has 1 saturated heterocycles. The first-order valence-electron chi connectivity index (χ1n) is 11.1. The fourth-order valence-electron chi connectivity index (χ4n) is 4.49. The van der Waals surface area contributed by atoms with Crippen molar-refractivity contribution in [1.82, 2.24) is 4.57 Å². The average molecular weight is 482 g/mol. The van der Waals surface area contributed by atoms with Crippen LogP contribution in [0.2, 0.25) is 0 Å². The number of carboxylic acid groups (broad SMARTS) is 1. The molecular weight excluding hydrogens is 462 g/mol. The highest BCUT2D eigenvalue weighted by atomic mass is 19.1. The van der Waals surface area contributed by atoms with Crippen molar-refractivity contribution in [2.45, 2.75) is 31.3 Å². The monoisotopic (exact) mass is 482 g/mol. The number of aliphatic imine (C=N–C) groups is 1. The number of anilines is 1. The van der Waals surface area contributed by atoms with Gasteiger partial charge >= 0.3 is 5.97 Å². The fourth-order valence-corrected chi connectivity index (χ4v) is 4.49. The number of nitro groups is 1. The van der Waals surface area contributed by atoms with Gasteiger partial charge < -0.3 is 14.6 Å². The van der Waals surface area contributed by atoms with Crippen LogP contribution in [-0.4, -0.2) is 45.9 Å². The van der Waals surface area contributed by atoms with E-state index in [1.807, 2.05) is 0 Å². The Balaban J connectivity index is 1.48. The summed E-state index contributed by atoms with van der Waals surface area (Å²) in [5.41, 5.74) is -1.33. The van der Waals surface area contributed by atoms with Crippen molar-refractivity contribution in [3.63, 3.8) is 0 Å². The minimum absolute atomic E-state index is 0.0601. The summed E-state index contributed by atoms with van der Waals surface area (Å²) < 4.78 is 32.3. The number of benzene rings is 2. The van der Waals surface area contributed by atoms with Crippen LogP contribution in [0.25, 0.3) is 10.9 Å². The molecular formula is C24H20F2N4O5. The SMILES string of the molecule is O=C(O)c1cn(C2CC2)c2c(F)c(N3CCC(/N=C/c4cccc([N+](=O)[O-])c4)C3)c(F)cc2c1=O. The van der Waals surface area contributed by atoms with Crippen LogP contribution in [-0.2, 0) is 0 Å². The summed E-state index contributed by atoms with van der Waals surface area (Å²) in [5.74, 6) is -3.29. The second-order valence-electron chi connectivity index (χ2n) is 8.75. The van der Waals surface area contributed by atoms with Crippen molar-refractivity contribution < 1.29 is 23.6 Å². The third-order valence-corrected chi connectivity index (χ3v) is 6.35. The zero-order valence-electron chi connectivity index (χ0n) is 18.4. The van der Waals surface area contributed by atoms with Gasteiger partial charge in [0.05, 0.1) is 21.9 Å². The first-order valence-corrected chi connectivity index (χ1v) is 11.1. The number of pyridine rings is 1. The lowest BCUT2D eigenvalue weighted by molar-refractivity contribution is -0.384. The number of nitrogens with zero attached hydrogens (tertiary/aromatic N) is 4. The second kappa shape index (κ2) is 8.57. The predicted octanol–water partition coefficient (Wildman–Crippen LogP) is 3.92. The number of rotatable bonds is 6. The molecule has 1 saturated carbocycles. The third kappa shape index (κ3) is 4.13. The Bertz CT molecular complexity index is 1460. The molecule has 1 aliphatic heterocycles. The zero-order valence-corrected chi connectivity index (χ0v) is 18.4. The number of carbonyl (C=O) groups is 1. The van der Waals surface area contributed by atoms with Crippen LogP contribution in [0, 0.1) is 21.7 Å². The van der Waals surface area contributed by atoms with E-state index in [0.717, 1.165) is 12.3 Å². The molecule has 11 heteroatoms. The van der Waals surface area contributed by atoms with Gasteiger partial charge in [-0.3, -0.25) is 19.9 Å². The maximum Gasteiger partial charge on any atom is 0.341 e. The molecule has 180 valence electrons. The van der Waals surface area contributed by atoms with Gasteiger partial charge in [-0.2, -0.15) is 0 Å². The number of halogens is 2. The Kier molecular flexibility index (Phi) is 5.54. The summed E-state index contributed by atoms with van der Waals surface area (Å²) in [7, 11) is 0. The van der Waals surface area contributed by atoms with Crippen LogP contribution in [0.15, 0.2) is 46.3 Å². The Morgan fingerprint density at radius 2 is 2.00 bits per heavy atom. The third-order valence-electron chi connectivity index (χ3n) is 6.35. The molecule has 2 heterocycles. The lowest BCUT2D eigenvalue weighted by Crippen LogP contribution is -2.25. The Morgan fingerprint density at radius 3 is 2.69 bits per heavy atom. The van der Waals surface area contributed by atoms with E-state index in [0.29, 0.717) is 31.4 Å². The van der Waals surface area contributed by atoms with E-state index in [-0.39, 0.29) is 40.9 Å². The van der Waals surface area contributed by atoms with E-state index in [4.69, 9.17) is 0 Å². The maximum atomic E-state index is 15.8. The molecule has 0 amide bonds. The molecule has 0 spiro atoms. The van der Waals surface area contributed by atoms with Gasteiger partial charge in [-0.1, -0.05) is 12.1 Å². The van der Waals surface area contributed by atoms with Gasteiger partial charge in [0.25, 0.3) is 5.69 Å². The van der Waals surface area contributed by atoms with Crippen molar-refractivity contribution in [3.8, 4) is 0 Å². The minimum Gasteiger partial charge on any atom is -0.477 e. The van der Waals surface area contributed by atoms with Crippen LogP contribution in [0.3, 0.4) is 0 Å². The van der Waals surface area contributed by atoms with Crippen molar-refractivity contribution in [3.05, 3.63) is 79.6 Å². The van der Waals surface area contributed by atoms with Crippen LogP contribution in [0.5, 0.6) is 0 Å².